The maximum Gasteiger partial charge on any atom is 0.230 e. The van der Waals surface area contributed by atoms with Crippen LogP contribution >= 0.6 is 0 Å². The van der Waals surface area contributed by atoms with Crippen LogP contribution in [-0.4, -0.2) is 24.8 Å². The molecule has 0 spiro atoms. The number of carbonyl (C=O) groups excluding carboxylic acids is 2. The zero-order valence-electron chi connectivity index (χ0n) is 12.2. The minimum atomic E-state index is -0.0240. The Morgan fingerprint density at radius 1 is 1.19 bits per heavy atom. The van der Waals surface area contributed by atoms with E-state index in [9.17, 15) is 9.59 Å². The summed E-state index contributed by atoms with van der Waals surface area (Å²) >= 11 is 0. The van der Waals surface area contributed by atoms with E-state index in [-0.39, 0.29) is 24.2 Å². The van der Waals surface area contributed by atoms with Crippen molar-refractivity contribution < 1.29 is 14.3 Å². The highest BCUT2D eigenvalue weighted by Crippen LogP contribution is 2.32. The highest BCUT2D eigenvalue weighted by molar-refractivity contribution is 6.01. The second-order valence-electron chi connectivity index (χ2n) is 5.85. The van der Waals surface area contributed by atoms with Crippen LogP contribution in [0.5, 0.6) is 5.75 Å². The third kappa shape index (κ3) is 3.09. The number of ether oxygens (including phenoxy) is 1. The first-order chi connectivity index (χ1) is 10.3. The topological polar surface area (TPSA) is 46.6 Å². The minimum Gasteiger partial charge on any atom is -0.491 e. The molecular formula is C17H21NO3. The van der Waals surface area contributed by atoms with Gasteiger partial charge in [-0.1, -0.05) is 31.4 Å². The van der Waals surface area contributed by atoms with Crippen LogP contribution in [0.3, 0.4) is 0 Å². The summed E-state index contributed by atoms with van der Waals surface area (Å²) in [4.78, 5) is 26.4. The van der Waals surface area contributed by atoms with E-state index in [0.717, 1.165) is 31.4 Å². The van der Waals surface area contributed by atoms with Gasteiger partial charge in [-0.3, -0.25) is 9.59 Å². The van der Waals surface area contributed by atoms with E-state index in [0.29, 0.717) is 18.8 Å². The summed E-state index contributed by atoms with van der Waals surface area (Å²) in [6.07, 6.45) is 5.75. The van der Waals surface area contributed by atoms with Crippen LogP contribution in [0.15, 0.2) is 24.3 Å². The molecule has 1 aliphatic carbocycles. The molecule has 1 aliphatic heterocycles. The molecule has 0 N–H and O–H groups in total. The monoisotopic (exact) mass is 287 g/mol. The molecule has 1 heterocycles. The van der Waals surface area contributed by atoms with E-state index in [4.69, 9.17) is 4.74 Å². The van der Waals surface area contributed by atoms with Crippen LogP contribution in [0.2, 0.25) is 0 Å². The number of rotatable bonds is 3. The Bertz CT molecular complexity index is 535. The number of para-hydroxylation sites is 2. The van der Waals surface area contributed by atoms with Crippen molar-refractivity contribution in [2.24, 2.45) is 5.92 Å². The van der Waals surface area contributed by atoms with Gasteiger partial charge in [-0.05, 0) is 25.0 Å². The quantitative estimate of drug-likeness (QED) is 0.858. The Balaban J connectivity index is 1.79. The van der Waals surface area contributed by atoms with Crippen LogP contribution in [0, 0.1) is 5.92 Å². The number of benzene rings is 1. The van der Waals surface area contributed by atoms with Crippen LogP contribution in [0.4, 0.5) is 5.69 Å². The fourth-order valence-electron chi connectivity index (χ4n) is 3.20. The maximum atomic E-state index is 12.5. The third-order valence-electron chi connectivity index (χ3n) is 4.41. The van der Waals surface area contributed by atoms with E-state index < -0.39 is 0 Å². The zero-order valence-corrected chi connectivity index (χ0v) is 12.2. The molecule has 1 amide bonds. The van der Waals surface area contributed by atoms with Gasteiger partial charge in [0.2, 0.25) is 5.91 Å². The summed E-state index contributed by atoms with van der Waals surface area (Å²) in [5.74, 6) is 0.992. The Morgan fingerprint density at radius 2 is 1.95 bits per heavy atom. The lowest BCUT2D eigenvalue weighted by molar-refractivity contribution is -0.125. The first-order valence-electron chi connectivity index (χ1n) is 7.80. The average molecular weight is 287 g/mol. The second-order valence-corrected chi connectivity index (χ2v) is 5.85. The lowest BCUT2D eigenvalue weighted by Gasteiger charge is -2.25. The highest BCUT2D eigenvalue weighted by Gasteiger charge is 2.28. The number of nitrogens with zero attached hydrogens (tertiary/aromatic N) is 1. The van der Waals surface area contributed by atoms with Gasteiger partial charge in [-0.2, -0.15) is 0 Å². The number of anilines is 1. The summed E-state index contributed by atoms with van der Waals surface area (Å²) < 4.78 is 5.60. The van der Waals surface area contributed by atoms with Crippen molar-refractivity contribution in [3.63, 3.8) is 0 Å². The molecule has 112 valence electrons. The highest BCUT2D eigenvalue weighted by atomic mass is 16.5. The number of ketones is 1. The normalized spacial score (nSPS) is 19.6. The molecule has 0 aromatic heterocycles. The molecule has 2 aliphatic rings. The Morgan fingerprint density at radius 3 is 2.76 bits per heavy atom. The van der Waals surface area contributed by atoms with Gasteiger partial charge in [-0.25, -0.2) is 0 Å². The first kappa shape index (κ1) is 14.1. The van der Waals surface area contributed by atoms with Gasteiger partial charge >= 0.3 is 0 Å². The molecule has 0 unspecified atom stereocenters. The molecular weight excluding hydrogens is 266 g/mol. The lowest BCUT2D eigenvalue weighted by Crippen LogP contribution is -2.38. The van der Waals surface area contributed by atoms with Crippen molar-refractivity contribution in [3.8, 4) is 5.75 Å². The van der Waals surface area contributed by atoms with Gasteiger partial charge in [0.25, 0.3) is 0 Å². The van der Waals surface area contributed by atoms with Crippen molar-refractivity contribution in [1.29, 1.82) is 0 Å². The zero-order chi connectivity index (χ0) is 14.7. The number of Topliss-reactive ketones (excluding diaryl/α,β-unsaturated/α-hetero) is 1. The molecule has 1 aromatic rings. The molecule has 0 radical (unpaired) electrons. The van der Waals surface area contributed by atoms with Gasteiger partial charge in [0.1, 0.15) is 5.75 Å². The van der Waals surface area contributed by atoms with Gasteiger partial charge in [-0.15, -0.1) is 0 Å². The van der Waals surface area contributed by atoms with E-state index >= 15 is 0 Å². The summed E-state index contributed by atoms with van der Waals surface area (Å²) in [6.45, 7) is 0.563. The molecule has 0 saturated heterocycles. The van der Waals surface area contributed by atoms with Crippen molar-refractivity contribution in [2.45, 2.75) is 38.5 Å². The van der Waals surface area contributed by atoms with Gasteiger partial charge in [0, 0.05) is 5.92 Å². The summed E-state index contributed by atoms with van der Waals surface area (Å²) in [5.41, 5.74) is 0.726. The van der Waals surface area contributed by atoms with Crippen molar-refractivity contribution in [1.82, 2.24) is 0 Å². The molecule has 4 heteroatoms. The van der Waals surface area contributed by atoms with E-state index in [1.54, 1.807) is 4.90 Å². The van der Waals surface area contributed by atoms with E-state index in [1.165, 1.54) is 6.42 Å². The number of amides is 1. The summed E-state index contributed by atoms with van der Waals surface area (Å²) in [7, 11) is 0. The molecule has 21 heavy (non-hydrogen) atoms. The van der Waals surface area contributed by atoms with Gasteiger partial charge in [0.05, 0.1) is 25.3 Å². The third-order valence-corrected chi connectivity index (χ3v) is 4.41. The lowest BCUT2D eigenvalue weighted by atomic mass is 9.86. The number of hydrogen-bond acceptors (Lipinski definition) is 3. The Labute approximate surface area is 125 Å². The number of fused-ring (bicyclic) bond motifs is 1. The van der Waals surface area contributed by atoms with E-state index in [2.05, 4.69) is 0 Å². The van der Waals surface area contributed by atoms with Crippen LogP contribution in [-0.2, 0) is 9.59 Å². The summed E-state index contributed by atoms with van der Waals surface area (Å²) in [6, 6.07) is 7.47. The molecule has 3 rings (SSSR count). The molecule has 1 fully saturated rings. The van der Waals surface area contributed by atoms with Crippen molar-refractivity contribution >= 4 is 17.4 Å². The van der Waals surface area contributed by atoms with Crippen molar-refractivity contribution in [3.05, 3.63) is 24.3 Å². The largest absolute Gasteiger partial charge is 0.491 e. The SMILES string of the molecule is O=C(CN1C(=O)CCOc2ccccc21)C1CCCCC1. The molecule has 0 bridgehead atoms. The number of hydrogen-bond donors (Lipinski definition) is 0. The fraction of sp³-hybridized carbons (Fsp3) is 0.529. The minimum absolute atomic E-state index is 0.0240. The predicted octanol–water partition coefficient (Wildman–Crippen LogP) is 2.95. The van der Waals surface area contributed by atoms with Crippen LogP contribution < -0.4 is 9.64 Å². The molecule has 1 aromatic carbocycles. The first-order valence-corrected chi connectivity index (χ1v) is 7.80. The second kappa shape index (κ2) is 6.29. The maximum absolute atomic E-state index is 12.5. The van der Waals surface area contributed by atoms with Gasteiger partial charge in [0.15, 0.2) is 5.78 Å². The average Bonchev–Trinajstić information content (AvgIpc) is 2.68. The molecule has 4 nitrogen and oxygen atoms in total. The van der Waals surface area contributed by atoms with Crippen LogP contribution in [0.1, 0.15) is 38.5 Å². The van der Waals surface area contributed by atoms with Gasteiger partial charge < -0.3 is 9.64 Å². The number of carbonyl (C=O) groups is 2. The Hall–Kier alpha value is -1.84. The fourth-order valence-corrected chi connectivity index (χ4v) is 3.20. The summed E-state index contributed by atoms with van der Waals surface area (Å²) in [5, 5.41) is 0. The smallest absolute Gasteiger partial charge is 0.230 e. The Kier molecular flexibility index (Phi) is 4.23. The molecule has 0 atom stereocenters. The van der Waals surface area contributed by atoms with Crippen LogP contribution in [0.25, 0.3) is 0 Å². The predicted molar refractivity (Wildman–Crippen MR) is 80.5 cm³/mol. The van der Waals surface area contributed by atoms with Crippen molar-refractivity contribution in [2.75, 3.05) is 18.1 Å². The molecule has 1 saturated carbocycles. The van der Waals surface area contributed by atoms with E-state index in [1.807, 2.05) is 24.3 Å². The standard InChI is InChI=1S/C17H21NO3/c19-15(13-6-2-1-3-7-13)12-18-14-8-4-5-9-16(14)21-11-10-17(18)20/h4-5,8-9,13H,1-3,6-7,10-12H2.